The van der Waals surface area contributed by atoms with E-state index in [9.17, 15) is 0 Å². The van der Waals surface area contributed by atoms with Gasteiger partial charge in [-0.3, -0.25) is 4.90 Å². The number of likely N-dealkylation sites (N-methyl/N-ethyl adjacent to an activating group) is 1. The van der Waals surface area contributed by atoms with Gasteiger partial charge < -0.3 is 10.1 Å². The molecule has 0 bridgehead atoms. The van der Waals surface area contributed by atoms with Crippen molar-refractivity contribution in [1.29, 1.82) is 0 Å². The number of rotatable bonds is 10. The van der Waals surface area contributed by atoms with Gasteiger partial charge in [-0.15, -0.1) is 0 Å². The van der Waals surface area contributed by atoms with Gasteiger partial charge in [0.05, 0.1) is 6.61 Å². The van der Waals surface area contributed by atoms with Crippen LogP contribution in [0.25, 0.3) is 0 Å². The predicted molar refractivity (Wildman–Crippen MR) is 71.0 cm³/mol. The van der Waals surface area contributed by atoms with Gasteiger partial charge >= 0.3 is 0 Å². The van der Waals surface area contributed by atoms with Crippen LogP contribution in [0, 0.1) is 0 Å². The van der Waals surface area contributed by atoms with E-state index in [4.69, 9.17) is 4.74 Å². The molecule has 0 spiro atoms. The van der Waals surface area contributed by atoms with E-state index in [-0.39, 0.29) is 0 Å². The van der Waals surface area contributed by atoms with Crippen LogP contribution < -0.4 is 5.32 Å². The molecular formula is C13H30N2O. The largest absolute Gasteiger partial charge is 0.383 e. The molecule has 0 aliphatic heterocycles. The summed E-state index contributed by atoms with van der Waals surface area (Å²) in [6.45, 7) is 9.85. The first-order chi connectivity index (χ1) is 7.65. The minimum absolute atomic E-state index is 0.539. The summed E-state index contributed by atoms with van der Waals surface area (Å²) in [5.74, 6) is 0. The van der Waals surface area contributed by atoms with Gasteiger partial charge in [0.25, 0.3) is 0 Å². The number of methoxy groups -OCH3 is 1. The first kappa shape index (κ1) is 15.9. The van der Waals surface area contributed by atoms with Crippen molar-refractivity contribution in [2.75, 3.05) is 33.9 Å². The fourth-order valence-electron chi connectivity index (χ4n) is 1.95. The molecule has 0 rings (SSSR count). The van der Waals surface area contributed by atoms with Gasteiger partial charge in [0.1, 0.15) is 0 Å². The number of nitrogens with one attached hydrogen (secondary N) is 1. The van der Waals surface area contributed by atoms with Gasteiger partial charge in [0.2, 0.25) is 0 Å². The average Bonchev–Trinajstić information content (AvgIpc) is 2.29. The summed E-state index contributed by atoms with van der Waals surface area (Å²) in [7, 11) is 3.81. The lowest BCUT2D eigenvalue weighted by Gasteiger charge is -2.27. The number of nitrogens with zero attached hydrogens (tertiary/aromatic N) is 1. The Hall–Kier alpha value is -0.120. The van der Waals surface area contributed by atoms with Gasteiger partial charge in [-0.05, 0) is 46.8 Å². The van der Waals surface area contributed by atoms with Crippen LogP contribution in [0.1, 0.15) is 40.0 Å². The molecule has 0 radical (unpaired) electrons. The number of hydrogen-bond acceptors (Lipinski definition) is 3. The number of unbranched alkanes of at least 4 members (excludes halogenated alkanes) is 1. The Bertz CT molecular complexity index is 153. The Kier molecular flexibility index (Phi) is 9.99. The Morgan fingerprint density at radius 2 is 1.94 bits per heavy atom. The van der Waals surface area contributed by atoms with E-state index in [0.29, 0.717) is 12.1 Å². The molecule has 0 aliphatic carbocycles. The molecule has 3 nitrogen and oxygen atoms in total. The molecule has 1 N–H and O–H groups in total. The summed E-state index contributed by atoms with van der Waals surface area (Å²) < 4.78 is 5.20. The molecule has 0 saturated carbocycles. The van der Waals surface area contributed by atoms with Crippen molar-refractivity contribution in [3.8, 4) is 0 Å². The van der Waals surface area contributed by atoms with Crippen molar-refractivity contribution in [3.63, 3.8) is 0 Å². The molecule has 0 heterocycles. The molecule has 0 aromatic heterocycles. The molecule has 0 amide bonds. The minimum atomic E-state index is 0.539. The van der Waals surface area contributed by atoms with E-state index in [1.807, 2.05) is 7.05 Å². The van der Waals surface area contributed by atoms with Gasteiger partial charge in [0, 0.05) is 19.2 Å². The van der Waals surface area contributed by atoms with Gasteiger partial charge in [-0.1, -0.05) is 13.3 Å². The standard InChI is InChI=1S/C13H30N2O/c1-6-15(13(3)11-16-5)10-8-7-9-12(2)14-4/h12-14H,6-11H2,1-5H3. The first-order valence-electron chi connectivity index (χ1n) is 6.55. The Morgan fingerprint density at radius 3 is 2.44 bits per heavy atom. The molecule has 2 atom stereocenters. The number of hydrogen-bond donors (Lipinski definition) is 1. The fraction of sp³-hybridized carbons (Fsp3) is 1.00. The zero-order chi connectivity index (χ0) is 12.4. The van der Waals surface area contributed by atoms with Gasteiger partial charge in [-0.25, -0.2) is 0 Å². The third-order valence-electron chi connectivity index (χ3n) is 3.26. The van der Waals surface area contributed by atoms with E-state index < -0.39 is 0 Å². The monoisotopic (exact) mass is 230 g/mol. The van der Waals surface area contributed by atoms with Crippen molar-refractivity contribution < 1.29 is 4.74 Å². The van der Waals surface area contributed by atoms with E-state index in [0.717, 1.165) is 13.2 Å². The van der Waals surface area contributed by atoms with Crippen molar-refractivity contribution in [3.05, 3.63) is 0 Å². The first-order valence-corrected chi connectivity index (χ1v) is 6.55. The second kappa shape index (κ2) is 10.1. The van der Waals surface area contributed by atoms with Crippen LogP contribution in [0.15, 0.2) is 0 Å². The van der Waals surface area contributed by atoms with Crippen LogP contribution in [0.4, 0.5) is 0 Å². The van der Waals surface area contributed by atoms with Crippen LogP contribution in [0.3, 0.4) is 0 Å². The average molecular weight is 230 g/mol. The molecule has 0 fully saturated rings. The zero-order valence-electron chi connectivity index (χ0n) is 11.8. The highest BCUT2D eigenvalue weighted by Crippen LogP contribution is 2.05. The fourth-order valence-corrected chi connectivity index (χ4v) is 1.95. The highest BCUT2D eigenvalue weighted by molar-refractivity contribution is 4.66. The van der Waals surface area contributed by atoms with Crippen molar-refractivity contribution in [1.82, 2.24) is 10.2 Å². The maximum absolute atomic E-state index is 5.20. The maximum Gasteiger partial charge on any atom is 0.0615 e. The lowest BCUT2D eigenvalue weighted by atomic mass is 10.1. The van der Waals surface area contributed by atoms with E-state index in [2.05, 4.69) is 31.0 Å². The topological polar surface area (TPSA) is 24.5 Å². The quantitative estimate of drug-likeness (QED) is 0.582. The van der Waals surface area contributed by atoms with Crippen LogP contribution in [0.2, 0.25) is 0 Å². The van der Waals surface area contributed by atoms with Crippen LogP contribution in [-0.2, 0) is 4.74 Å². The molecule has 16 heavy (non-hydrogen) atoms. The van der Waals surface area contributed by atoms with Crippen molar-refractivity contribution >= 4 is 0 Å². The third-order valence-corrected chi connectivity index (χ3v) is 3.26. The van der Waals surface area contributed by atoms with E-state index in [1.165, 1.54) is 25.8 Å². The summed E-state index contributed by atoms with van der Waals surface area (Å²) in [5, 5.41) is 3.28. The van der Waals surface area contributed by atoms with Crippen LogP contribution >= 0.6 is 0 Å². The normalized spacial score (nSPS) is 15.4. The minimum Gasteiger partial charge on any atom is -0.383 e. The summed E-state index contributed by atoms with van der Waals surface area (Å²) in [4.78, 5) is 2.49. The second-order valence-corrected chi connectivity index (χ2v) is 4.62. The maximum atomic E-state index is 5.20. The highest BCUT2D eigenvalue weighted by atomic mass is 16.5. The van der Waals surface area contributed by atoms with E-state index in [1.54, 1.807) is 7.11 Å². The molecule has 0 aromatic rings. The molecule has 0 aromatic carbocycles. The SMILES string of the molecule is CCN(CCCCC(C)NC)C(C)COC. The van der Waals surface area contributed by atoms with Gasteiger partial charge in [0.15, 0.2) is 0 Å². The lowest BCUT2D eigenvalue weighted by Crippen LogP contribution is -2.36. The van der Waals surface area contributed by atoms with Crippen LogP contribution in [-0.4, -0.2) is 50.8 Å². The number of ether oxygens (including phenoxy) is 1. The van der Waals surface area contributed by atoms with E-state index >= 15 is 0 Å². The van der Waals surface area contributed by atoms with Crippen molar-refractivity contribution in [2.45, 2.75) is 52.1 Å². The summed E-state index contributed by atoms with van der Waals surface area (Å²) >= 11 is 0. The summed E-state index contributed by atoms with van der Waals surface area (Å²) in [6.07, 6.45) is 3.86. The second-order valence-electron chi connectivity index (χ2n) is 4.62. The molecule has 3 heteroatoms. The zero-order valence-corrected chi connectivity index (χ0v) is 11.8. The summed E-state index contributed by atoms with van der Waals surface area (Å²) in [6, 6.07) is 1.18. The molecule has 98 valence electrons. The molecular weight excluding hydrogens is 200 g/mol. The Labute approximate surface area is 102 Å². The third kappa shape index (κ3) is 7.20. The molecule has 0 saturated heterocycles. The molecule has 0 aliphatic rings. The Balaban J connectivity index is 3.62. The highest BCUT2D eigenvalue weighted by Gasteiger charge is 2.10. The van der Waals surface area contributed by atoms with Gasteiger partial charge in [-0.2, -0.15) is 0 Å². The molecule has 2 unspecified atom stereocenters. The lowest BCUT2D eigenvalue weighted by molar-refractivity contribution is 0.101. The smallest absolute Gasteiger partial charge is 0.0615 e. The van der Waals surface area contributed by atoms with Crippen LogP contribution in [0.5, 0.6) is 0 Å². The summed E-state index contributed by atoms with van der Waals surface area (Å²) in [5.41, 5.74) is 0. The van der Waals surface area contributed by atoms with Crippen molar-refractivity contribution in [2.24, 2.45) is 0 Å². The predicted octanol–water partition coefficient (Wildman–Crippen LogP) is 2.12. The Morgan fingerprint density at radius 1 is 1.25 bits per heavy atom.